The lowest BCUT2D eigenvalue weighted by molar-refractivity contribution is 0.103. The van der Waals surface area contributed by atoms with E-state index in [-0.39, 0.29) is 11.2 Å². The van der Waals surface area contributed by atoms with Gasteiger partial charge in [0.25, 0.3) is 0 Å². The van der Waals surface area contributed by atoms with Gasteiger partial charge in [-0.2, -0.15) is 0 Å². The third-order valence-corrected chi connectivity index (χ3v) is 4.41. The zero-order valence-electron chi connectivity index (χ0n) is 11.7. The second-order valence-corrected chi connectivity index (χ2v) is 7.05. The minimum Gasteiger partial charge on any atom is -0.289 e. The molecule has 1 nitrogen and oxygen atoms in total. The van der Waals surface area contributed by atoms with Crippen LogP contribution in [-0.2, 0) is 5.41 Å². The van der Waals surface area contributed by atoms with E-state index in [9.17, 15) is 4.79 Å². The molecule has 0 spiro atoms. The molecule has 0 bridgehead atoms. The first-order chi connectivity index (χ1) is 9.29. The summed E-state index contributed by atoms with van der Waals surface area (Å²) in [4.78, 5) is 12.4. The van der Waals surface area contributed by atoms with Gasteiger partial charge in [-0.05, 0) is 45.1 Å². The molecular formula is C17H16BrClO. The summed E-state index contributed by atoms with van der Waals surface area (Å²) < 4.78 is 0.733. The molecule has 2 aromatic carbocycles. The summed E-state index contributed by atoms with van der Waals surface area (Å²) in [6.07, 6.45) is 0. The predicted molar refractivity (Wildman–Crippen MR) is 87.7 cm³/mol. The molecule has 0 heterocycles. The van der Waals surface area contributed by atoms with Crippen LogP contribution in [0, 0.1) is 0 Å². The average molecular weight is 352 g/mol. The molecular weight excluding hydrogens is 336 g/mol. The molecule has 0 saturated heterocycles. The fourth-order valence-corrected chi connectivity index (χ4v) is 2.42. The van der Waals surface area contributed by atoms with Gasteiger partial charge in [0.15, 0.2) is 5.78 Å². The summed E-state index contributed by atoms with van der Waals surface area (Å²) in [5.74, 6) is 0.00262. The van der Waals surface area contributed by atoms with Gasteiger partial charge in [-0.3, -0.25) is 4.79 Å². The Balaban J connectivity index is 2.31. The van der Waals surface area contributed by atoms with Crippen molar-refractivity contribution < 1.29 is 4.79 Å². The Bertz CT molecular complexity index is 639. The molecule has 3 heteroatoms. The van der Waals surface area contributed by atoms with E-state index < -0.39 is 0 Å². The zero-order chi connectivity index (χ0) is 14.9. The molecule has 20 heavy (non-hydrogen) atoms. The quantitative estimate of drug-likeness (QED) is 0.641. The number of carbonyl (C=O) groups is 1. The van der Waals surface area contributed by atoms with E-state index in [1.165, 1.54) is 5.56 Å². The molecule has 0 aliphatic rings. The molecule has 0 N–H and O–H groups in total. The normalized spacial score (nSPS) is 11.4. The topological polar surface area (TPSA) is 17.1 Å². The minimum atomic E-state index is 0.00262. The Morgan fingerprint density at radius 2 is 1.55 bits per heavy atom. The summed E-state index contributed by atoms with van der Waals surface area (Å²) in [5.41, 5.74) is 2.62. The first kappa shape index (κ1) is 15.3. The molecule has 0 aliphatic heterocycles. The highest BCUT2D eigenvalue weighted by Crippen LogP contribution is 2.26. The van der Waals surface area contributed by atoms with Crippen LogP contribution in [0.5, 0.6) is 0 Å². The maximum Gasteiger partial charge on any atom is 0.193 e. The average Bonchev–Trinajstić information content (AvgIpc) is 2.40. The lowest BCUT2D eigenvalue weighted by Crippen LogP contribution is -2.11. The molecule has 0 aromatic heterocycles. The minimum absolute atomic E-state index is 0.00262. The molecule has 0 fully saturated rings. The number of hydrogen-bond acceptors (Lipinski definition) is 1. The van der Waals surface area contributed by atoms with Crippen molar-refractivity contribution in [2.75, 3.05) is 0 Å². The summed E-state index contributed by atoms with van der Waals surface area (Å²) in [6, 6.07) is 13.0. The SMILES string of the molecule is CC(C)(C)c1ccc(C(=O)c2ccc(Cl)c(Br)c2)cc1. The number of benzene rings is 2. The summed E-state index contributed by atoms with van der Waals surface area (Å²) in [6.45, 7) is 6.46. The second kappa shape index (κ2) is 5.71. The lowest BCUT2D eigenvalue weighted by Gasteiger charge is -2.19. The summed E-state index contributed by atoms with van der Waals surface area (Å²) in [7, 11) is 0. The number of halogens is 2. The number of rotatable bonds is 2. The molecule has 0 unspecified atom stereocenters. The van der Waals surface area contributed by atoms with E-state index in [1.807, 2.05) is 24.3 Å². The molecule has 0 atom stereocenters. The van der Waals surface area contributed by atoms with Crippen molar-refractivity contribution in [3.8, 4) is 0 Å². The van der Waals surface area contributed by atoms with E-state index in [4.69, 9.17) is 11.6 Å². The van der Waals surface area contributed by atoms with Gasteiger partial charge in [0.2, 0.25) is 0 Å². The van der Waals surface area contributed by atoms with Gasteiger partial charge in [0.05, 0.1) is 5.02 Å². The van der Waals surface area contributed by atoms with Gasteiger partial charge in [-0.25, -0.2) is 0 Å². The molecule has 0 amide bonds. The van der Waals surface area contributed by atoms with E-state index in [1.54, 1.807) is 18.2 Å². The van der Waals surface area contributed by atoms with E-state index >= 15 is 0 Å². The van der Waals surface area contributed by atoms with Crippen LogP contribution < -0.4 is 0 Å². The third kappa shape index (κ3) is 3.31. The Kier molecular flexibility index (Phi) is 4.36. The van der Waals surface area contributed by atoms with Gasteiger partial charge in [0, 0.05) is 15.6 Å². The van der Waals surface area contributed by atoms with Gasteiger partial charge in [0.1, 0.15) is 0 Å². The highest BCUT2D eigenvalue weighted by atomic mass is 79.9. The van der Waals surface area contributed by atoms with Crippen LogP contribution in [0.1, 0.15) is 42.3 Å². The van der Waals surface area contributed by atoms with Crippen molar-refractivity contribution in [3.05, 3.63) is 68.7 Å². The predicted octanol–water partition coefficient (Wildman–Crippen LogP) is 5.63. The van der Waals surface area contributed by atoms with E-state index in [0.717, 1.165) is 4.47 Å². The largest absolute Gasteiger partial charge is 0.289 e. The van der Waals surface area contributed by atoms with Crippen LogP contribution in [0.3, 0.4) is 0 Å². The van der Waals surface area contributed by atoms with Crippen molar-refractivity contribution in [1.82, 2.24) is 0 Å². The van der Waals surface area contributed by atoms with Crippen LogP contribution in [0.2, 0.25) is 5.02 Å². The van der Waals surface area contributed by atoms with Gasteiger partial charge < -0.3 is 0 Å². The van der Waals surface area contributed by atoms with Gasteiger partial charge in [-0.1, -0.05) is 56.6 Å². The standard InChI is InChI=1S/C17H16BrClO/c1-17(2,3)13-7-4-11(5-8-13)16(20)12-6-9-15(19)14(18)10-12/h4-10H,1-3H3. The maximum absolute atomic E-state index is 12.4. The van der Waals surface area contributed by atoms with Crippen LogP contribution in [0.4, 0.5) is 0 Å². The van der Waals surface area contributed by atoms with Crippen molar-refractivity contribution >= 4 is 33.3 Å². The van der Waals surface area contributed by atoms with Crippen molar-refractivity contribution in [3.63, 3.8) is 0 Å². The third-order valence-electron chi connectivity index (χ3n) is 3.19. The molecule has 0 aliphatic carbocycles. The fourth-order valence-electron chi connectivity index (χ4n) is 1.93. The number of hydrogen-bond donors (Lipinski definition) is 0. The molecule has 0 radical (unpaired) electrons. The monoisotopic (exact) mass is 350 g/mol. The zero-order valence-corrected chi connectivity index (χ0v) is 14.0. The van der Waals surface area contributed by atoms with Crippen molar-refractivity contribution in [2.45, 2.75) is 26.2 Å². The summed E-state index contributed by atoms with van der Waals surface area (Å²) >= 11 is 9.28. The fraction of sp³-hybridized carbons (Fsp3) is 0.235. The Morgan fingerprint density at radius 1 is 1.00 bits per heavy atom. The highest BCUT2D eigenvalue weighted by Gasteiger charge is 2.15. The Morgan fingerprint density at radius 3 is 2.05 bits per heavy atom. The van der Waals surface area contributed by atoms with E-state index in [2.05, 4.69) is 36.7 Å². The maximum atomic E-state index is 12.4. The molecule has 2 aromatic rings. The van der Waals surface area contributed by atoms with Crippen LogP contribution in [0.25, 0.3) is 0 Å². The molecule has 2 rings (SSSR count). The Hall–Kier alpha value is -1.12. The first-order valence-corrected chi connectivity index (χ1v) is 7.56. The molecule has 0 saturated carbocycles. The van der Waals surface area contributed by atoms with Crippen molar-refractivity contribution in [2.24, 2.45) is 0 Å². The van der Waals surface area contributed by atoms with Crippen LogP contribution >= 0.6 is 27.5 Å². The first-order valence-electron chi connectivity index (χ1n) is 6.39. The van der Waals surface area contributed by atoms with Gasteiger partial charge in [-0.15, -0.1) is 0 Å². The highest BCUT2D eigenvalue weighted by molar-refractivity contribution is 9.10. The lowest BCUT2D eigenvalue weighted by atomic mass is 9.86. The van der Waals surface area contributed by atoms with Crippen molar-refractivity contribution in [1.29, 1.82) is 0 Å². The molecule has 104 valence electrons. The summed E-state index contributed by atoms with van der Waals surface area (Å²) in [5, 5.41) is 0.602. The van der Waals surface area contributed by atoms with Gasteiger partial charge >= 0.3 is 0 Å². The number of carbonyl (C=O) groups excluding carboxylic acids is 1. The van der Waals surface area contributed by atoms with Crippen LogP contribution in [0.15, 0.2) is 46.9 Å². The number of ketones is 1. The van der Waals surface area contributed by atoms with Crippen LogP contribution in [-0.4, -0.2) is 5.78 Å². The van der Waals surface area contributed by atoms with E-state index in [0.29, 0.717) is 16.1 Å². The Labute approximate surface area is 133 Å². The smallest absolute Gasteiger partial charge is 0.193 e. The second-order valence-electron chi connectivity index (χ2n) is 5.79.